The second-order valence-electron chi connectivity index (χ2n) is 7.11. The highest BCUT2D eigenvalue weighted by Crippen LogP contribution is 2.24. The smallest absolute Gasteiger partial charge is 0.272 e. The minimum atomic E-state index is -0.0664. The van der Waals surface area contributed by atoms with Crippen molar-refractivity contribution in [2.45, 2.75) is 19.8 Å². The normalized spacial score (nSPS) is 17.0. The predicted molar refractivity (Wildman–Crippen MR) is 104 cm³/mol. The minimum Gasteiger partial charge on any atom is -0.493 e. The first kappa shape index (κ1) is 18.2. The van der Waals surface area contributed by atoms with E-state index in [1.165, 1.54) is 0 Å². The number of piperidine rings is 1. The monoisotopic (exact) mass is 353 g/mol. The highest BCUT2D eigenvalue weighted by atomic mass is 16.5. The van der Waals surface area contributed by atoms with Crippen molar-refractivity contribution in [1.29, 1.82) is 0 Å². The van der Waals surface area contributed by atoms with Crippen molar-refractivity contribution in [1.82, 2.24) is 9.88 Å². The van der Waals surface area contributed by atoms with E-state index in [0.717, 1.165) is 43.1 Å². The Labute approximate surface area is 155 Å². The maximum absolute atomic E-state index is 12.2. The molecule has 5 nitrogen and oxygen atoms in total. The Morgan fingerprint density at radius 2 is 2.04 bits per heavy atom. The third kappa shape index (κ3) is 4.34. The van der Waals surface area contributed by atoms with Gasteiger partial charge in [-0.25, -0.2) is 4.98 Å². The zero-order valence-electron chi connectivity index (χ0n) is 15.8. The fraction of sp³-hybridized carbons (Fsp3) is 0.429. The molecular weight excluding hydrogens is 326 g/mol. The van der Waals surface area contributed by atoms with Gasteiger partial charge >= 0.3 is 0 Å². The van der Waals surface area contributed by atoms with Crippen molar-refractivity contribution in [2.24, 2.45) is 5.92 Å². The van der Waals surface area contributed by atoms with Gasteiger partial charge in [0.25, 0.3) is 5.91 Å². The van der Waals surface area contributed by atoms with Crippen LogP contribution in [0.5, 0.6) is 5.75 Å². The number of nitrogens with zero attached hydrogens (tertiary/aromatic N) is 3. The molecule has 1 saturated heterocycles. The van der Waals surface area contributed by atoms with E-state index in [1.54, 1.807) is 25.1 Å². The molecule has 1 aromatic carbocycles. The number of pyridine rings is 1. The number of rotatable bonds is 5. The Kier molecular flexibility index (Phi) is 5.76. The quantitative estimate of drug-likeness (QED) is 0.827. The average Bonchev–Trinajstić information content (AvgIpc) is 2.67. The number of carbonyl (C=O) groups excluding carboxylic acids is 1. The predicted octanol–water partition coefficient (Wildman–Crippen LogP) is 3.39. The van der Waals surface area contributed by atoms with Gasteiger partial charge in [0.05, 0.1) is 6.61 Å². The second-order valence-corrected chi connectivity index (χ2v) is 7.11. The summed E-state index contributed by atoms with van der Waals surface area (Å²) in [7, 11) is 3.49. The number of benzene rings is 1. The number of amides is 1. The van der Waals surface area contributed by atoms with E-state index >= 15 is 0 Å². The van der Waals surface area contributed by atoms with Gasteiger partial charge in [-0.2, -0.15) is 0 Å². The minimum absolute atomic E-state index is 0.0664. The van der Waals surface area contributed by atoms with Gasteiger partial charge < -0.3 is 14.5 Å². The lowest BCUT2D eigenvalue weighted by Crippen LogP contribution is -2.38. The van der Waals surface area contributed by atoms with E-state index < -0.39 is 0 Å². The molecule has 1 aliphatic heterocycles. The molecule has 3 rings (SSSR count). The second kappa shape index (κ2) is 8.21. The van der Waals surface area contributed by atoms with Gasteiger partial charge in [0.2, 0.25) is 0 Å². The van der Waals surface area contributed by atoms with E-state index in [-0.39, 0.29) is 5.91 Å². The number of aromatic nitrogens is 1. The fourth-order valence-corrected chi connectivity index (χ4v) is 3.28. The van der Waals surface area contributed by atoms with Crippen LogP contribution >= 0.6 is 0 Å². The molecule has 1 aromatic heterocycles. The SMILES string of the molecule is Cc1ccccc1OCC1CCCN(c2cccc(C(=O)N(C)C)n2)C1. The summed E-state index contributed by atoms with van der Waals surface area (Å²) in [6.07, 6.45) is 2.26. The number of hydrogen-bond donors (Lipinski definition) is 0. The van der Waals surface area contributed by atoms with E-state index in [9.17, 15) is 4.79 Å². The molecule has 138 valence electrons. The molecular formula is C21H27N3O2. The van der Waals surface area contributed by atoms with E-state index in [0.29, 0.717) is 18.2 Å². The van der Waals surface area contributed by atoms with Crippen LogP contribution in [0.4, 0.5) is 5.82 Å². The standard InChI is InChI=1S/C21H27N3O2/c1-16-8-4-5-11-19(16)26-15-17-9-7-13-24(14-17)20-12-6-10-18(22-20)21(25)23(2)3/h4-6,8,10-12,17H,7,9,13-15H2,1-3H3. The van der Waals surface area contributed by atoms with Gasteiger partial charge in [-0.3, -0.25) is 4.79 Å². The van der Waals surface area contributed by atoms with Crippen LogP contribution in [0.1, 0.15) is 28.9 Å². The summed E-state index contributed by atoms with van der Waals surface area (Å²) >= 11 is 0. The lowest BCUT2D eigenvalue weighted by atomic mass is 9.99. The molecule has 2 heterocycles. The van der Waals surface area contributed by atoms with Crippen LogP contribution in [0.3, 0.4) is 0 Å². The van der Waals surface area contributed by atoms with E-state index in [4.69, 9.17) is 4.74 Å². The van der Waals surface area contributed by atoms with Crippen LogP contribution in [0.15, 0.2) is 42.5 Å². The van der Waals surface area contributed by atoms with Gasteiger partial charge in [-0.15, -0.1) is 0 Å². The Balaban J connectivity index is 1.64. The van der Waals surface area contributed by atoms with Crippen LogP contribution in [-0.2, 0) is 0 Å². The first-order valence-electron chi connectivity index (χ1n) is 9.16. The van der Waals surface area contributed by atoms with Crippen LogP contribution in [0, 0.1) is 12.8 Å². The topological polar surface area (TPSA) is 45.7 Å². The molecule has 0 aliphatic carbocycles. The highest BCUT2D eigenvalue weighted by Gasteiger charge is 2.22. The molecule has 1 unspecified atom stereocenters. The number of anilines is 1. The van der Waals surface area contributed by atoms with Crippen LogP contribution in [-0.4, -0.2) is 49.6 Å². The Hall–Kier alpha value is -2.56. The Bertz CT molecular complexity index is 760. The molecule has 0 radical (unpaired) electrons. The summed E-state index contributed by atoms with van der Waals surface area (Å²) in [5.74, 6) is 2.22. The molecule has 1 aliphatic rings. The zero-order valence-corrected chi connectivity index (χ0v) is 15.8. The van der Waals surface area contributed by atoms with Crippen molar-refractivity contribution >= 4 is 11.7 Å². The summed E-state index contributed by atoms with van der Waals surface area (Å²) in [6.45, 7) is 4.64. The number of hydrogen-bond acceptors (Lipinski definition) is 4. The molecule has 26 heavy (non-hydrogen) atoms. The molecule has 1 fully saturated rings. The van der Waals surface area contributed by atoms with Crippen molar-refractivity contribution in [2.75, 3.05) is 38.7 Å². The summed E-state index contributed by atoms with van der Waals surface area (Å²) in [5.41, 5.74) is 1.66. The number of aryl methyl sites for hydroxylation is 1. The van der Waals surface area contributed by atoms with E-state index in [2.05, 4.69) is 22.9 Å². The molecule has 0 saturated carbocycles. The highest BCUT2D eigenvalue weighted by molar-refractivity contribution is 5.92. The summed E-state index contributed by atoms with van der Waals surface area (Å²) in [4.78, 5) is 20.6. The number of ether oxygens (including phenoxy) is 1. The molecule has 0 spiro atoms. The number of carbonyl (C=O) groups is 1. The molecule has 0 bridgehead atoms. The lowest BCUT2D eigenvalue weighted by Gasteiger charge is -2.33. The molecule has 1 atom stereocenters. The van der Waals surface area contributed by atoms with Crippen LogP contribution in [0.2, 0.25) is 0 Å². The van der Waals surface area contributed by atoms with Gasteiger partial charge in [0, 0.05) is 33.1 Å². The lowest BCUT2D eigenvalue weighted by molar-refractivity contribution is 0.0822. The van der Waals surface area contributed by atoms with Gasteiger partial charge in [-0.05, 0) is 43.5 Å². The van der Waals surface area contributed by atoms with Gasteiger partial charge in [0.15, 0.2) is 0 Å². The molecule has 0 N–H and O–H groups in total. The first-order chi connectivity index (χ1) is 12.5. The average molecular weight is 353 g/mol. The molecule has 5 heteroatoms. The Morgan fingerprint density at radius 1 is 1.23 bits per heavy atom. The largest absolute Gasteiger partial charge is 0.493 e. The maximum Gasteiger partial charge on any atom is 0.272 e. The van der Waals surface area contributed by atoms with Crippen LogP contribution in [0.25, 0.3) is 0 Å². The van der Waals surface area contributed by atoms with Crippen molar-refractivity contribution in [3.05, 3.63) is 53.7 Å². The molecule has 1 amide bonds. The van der Waals surface area contributed by atoms with E-state index in [1.807, 2.05) is 30.3 Å². The summed E-state index contributed by atoms with van der Waals surface area (Å²) in [6, 6.07) is 13.8. The third-order valence-electron chi connectivity index (χ3n) is 4.77. The van der Waals surface area contributed by atoms with Gasteiger partial charge in [0.1, 0.15) is 17.3 Å². The number of para-hydroxylation sites is 1. The van der Waals surface area contributed by atoms with Crippen molar-refractivity contribution in [3.63, 3.8) is 0 Å². The zero-order chi connectivity index (χ0) is 18.5. The van der Waals surface area contributed by atoms with Gasteiger partial charge in [-0.1, -0.05) is 24.3 Å². The Morgan fingerprint density at radius 3 is 2.81 bits per heavy atom. The molecule has 2 aromatic rings. The maximum atomic E-state index is 12.2. The van der Waals surface area contributed by atoms with Crippen molar-refractivity contribution in [3.8, 4) is 5.75 Å². The summed E-state index contributed by atoms with van der Waals surface area (Å²) < 4.78 is 6.05. The summed E-state index contributed by atoms with van der Waals surface area (Å²) in [5, 5.41) is 0. The van der Waals surface area contributed by atoms with Crippen molar-refractivity contribution < 1.29 is 9.53 Å². The van der Waals surface area contributed by atoms with Crippen LogP contribution < -0.4 is 9.64 Å². The first-order valence-corrected chi connectivity index (χ1v) is 9.16. The third-order valence-corrected chi connectivity index (χ3v) is 4.77. The fourth-order valence-electron chi connectivity index (χ4n) is 3.28.